The summed E-state index contributed by atoms with van der Waals surface area (Å²) in [6, 6.07) is 2.31. The summed E-state index contributed by atoms with van der Waals surface area (Å²) in [5.74, 6) is -2.62. The quantitative estimate of drug-likeness (QED) is 0.907. The summed E-state index contributed by atoms with van der Waals surface area (Å²) in [5.41, 5.74) is -1.79. The van der Waals surface area contributed by atoms with E-state index in [9.17, 15) is 22.8 Å². The van der Waals surface area contributed by atoms with E-state index in [0.29, 0.717) is 12.8 Å². The van der Waals surface area contributed by atoms with E-state index in [-0.39, 0.29) is 13.1 Å². The van der Waals surface area contributed by atoms with Gasteiger partial charge in [0.1, 0.15) is 0 Å². The van der Waals surface area contributed by atoms with Crippen LogP contribution < -0.4 is 0 Å². The number of carbonyl (C=O) groups excluding carboxylic acids is 1. The van der Waals surface area contributed by atoms with Gasteiger partial charge in [-0.2, -0.15) is 13.2 Å². The van der Waals surface area contributed by atoms with Crippen molar-refractivity contribution in [2.45, 2.75) is 19.0 Å². The van der Waals surface area contributed by atoms with Crippen LogP contribution in [0, 0.1) is 5.92 Å². The van der Waals surface area contributed by atoms with Gasteiger partial charge in [-0.25, -0.2) is 0 Å². The lowest BCUT2D eigenvalue weighted by Gasteiger charge is -2.31. The number of hydrogen-bond acceptors (Lipinski definition) is 3. The van der Waals surface area contributed by atoms with Crippen molar-refractivity contribution < 1.29 is 27.9 Å². The van der Waals surface area contributed by atoms with Crippen LogP contribution in [0.15, 0.2) is 18.3 Å². The van der Waals surface area contributed by atoms with Gasteiger partial charge in [0.15, 0.2) is 5.69 Å². The molecule has 5 nitrogen and oxygen atoms in total. The van der Waals surface area contributed by atoms with Gasteiger partial charge in [0.05, 0.1) is 11.5 Å². The third kappa shape index (κ3) is 3.32. The molecule has 0 radical (unpaired) electrons. The first kappa shape index (κ1) is 15.3. The molecule has 8 heteroatoms. The second-order valence-electron chi connectivity index (χ2n) is 4.83. The fourth-order valence-electron chi connectivity index (χ4n) is 2.34. The van der Waals surface area contributed by atoms with Crippen molar-refractivity contribution in [2.24, 2.45) is 5.92 Å². The molecule has 0 unspecified atom stereocenters. The van der Waals surface area contributed by atoms with Crippen LogP contribution in [-0.4, -0.2) is 40.0 Å². The smallest absolute Gasteiger partial charge is 0.434 e. The molecule has 0 aliphatic carbocycles. The number of nitrogens with zero attached hydrogens (tertiary/aromatic N) is 2. The molecule has 1 fully saturated rings. The Balaban J connectivity index is 2.26. The molecule has 1 aromatic heterocycles. The van der Waals surface area contributed by atoms with Crippen molar-refractivity contribution in [3.63, 3.8) is 0 Å². The molecule has 1 aliphatic rings. The third-order valence-corrected chi connectivity index (χ3v) is 3.36. The lowest BCUT2D eigenvalue weighted by molar-refractivity contribution is -0.144. The maximum atomic E-state index is 12.9. The lowest BCUT2D eigenvalue weighted by atomic mass is 9.97. The highest BCUT2D eigenvalue weighted by atomic mass is 19.4. The van der Waals surface area contributed by atoms with E-state index in [4.69, 9.17) is 5.11 Å². The number of halogens is 3. The summed E-state index contributed by atoms with van der Waals surface area (Å²) in [6.07, 6.45) is -2.90. The van der Waals surface area contributed by atoms with Crippen molar-refractivity contribution in [3.8, 4) is 0 Å². The molecule has 0 saturated carbocycles. The van der Waals surface area contributed by atoms with Crippen molar-refractivity contribution >= 4 is 11.9 Å². The number of carbonyl (C=O) groups is 2. The normalized spacial score (nSPS) is 19.4. The van der Waals surface area contributed by atoms with Gasteiger partial charge in [-0.15, -0.1) is 0 Å². The molecular weight excluding hydrogens is 289 g/mol. The molecule has 2 heterocycles. The number of likely N-dealkylation sites (tertiary alicyclic amines) is 1. The van der Waals surface area contributed by atoms with E-state index in [1.807, 2.05) is 0 Å². The van der Waals surface area contributed by atoms with E-state index in [1.54, 1.807) is 0 Å². The first-order valence-electron chi connectivity index (χ1n) is 6.35. The van der Waals surface area contributed by atoms with E-state index in [1.165, 1.54) is 6.07 Å². The molecule has 21 heavy (non-hydrogen) atoms. The van der Waals surface area contributed by atoms with Gasteiger partial charge in [-0.3, -0.25) is 14.6 Å². The molecule has 1 saturated heterocycles. The summed E-state index contributed by atoms with van der Waals surface area (Å²) >= 11 is 0. The van der Waals surface area contributed by atoms with E-state index >= 15 is 0 Å². The summed E-state index contributed by atoms with van der Waals surface area (Å²) in [6.45, 7) is 0.162. The van der Waals surface area contributed by atoms with Crippen LogP contribution in [0.4, 0.5) is 13.2 Å². The zero-order valence-corrected chi connectivity index (χ0v) is 10.9. The number of piperidine rings is 1. The maximum Gasteiger partial charge on any atom is 0.434 e. The first-order valence-corrected chi connectivity index (χ1v) is 6.35. The number of aromatic nitrogens is 1. The van der Waals surface area contributed by atoms with Crippen LogP contribution in [0.5, 0.6) is 0 Å². The van der Waals surface area contributed by atoms with Gasteiger partial charge in [0.2, 0.25) is 0 Å². The number of alkyl halides is 3. The summed E-state index contributed by atoms with van der Waals surface area (Å²) < 4.78 is 38.6. The number of amides is 1. The van der Waals surface area contributed by atoms with Crippen molar-refractivity contribution in [2.75, 3.05) is 13.1 Å². The van der Waals surface area contributed by atoms with Crippen LogP contribution in [0.3, 0.4) is 0 Å². The Morgan fingerprint density at radius 1 is 1.38 bits per heavy atom. The largest absolute Gasteiger partial charge is 0.481 e. The zero-order chi connectivity index (χ0) is 15.6. The first-order chi connectivity index (χ1) is 9.80. The fraction of sp³-hybridized carbons (Fsp3) is 0.462. The minimum atomic E-state index is -4.73. The average Bonchev–Trinajstić information content (AvgIpc) is 2.45. The van der Waals surface area contributed by atoms with E-state index < -0.39 is 35.2 Å². The monoisotopic (exact) mass is 302 g/mol. The standard InChI is InChI=1S/C13H13F3N2O3/c14-13(15,16)10-9(4-1-5-17-10)11(19)18-6-2-3-8(7-18)12(20)21/h1,4-5,8H,2-3,6-7H2,(H,20,21)/t8-/m0/s1. The number of pyridine rings is 1. The highest BCUT2D eigenvalue weighted by Crippen LogP contribution is 2.31. The van der Waals surface area contributed by atoms with Crippen LogP contribution in [0.25, 0.3) is 0 Å². The molecule has 0 aromatic carbocycles. The van der Waals surface area contributed by atoms with Gasteiger partial charge in [0.25, 0.3) is 5.91 Å². The number of carboxylic acids is 1. The molecule has 2 rings (SSSR count). The Labute approximate surface area is 118 Å². The van der Waals surface area contributed by atoms with E-state index in [2.05, 4.69) is 4.98 Å². The highest BCUT2D eigenvalue weighted by molar-refractivity contribution is 5.95. The van der Waals surface area contributed by atoms with Gasteiger partial charge in [-0.1, -0.05) is 0 Å². The molecule has 1 aliphatic heterocycles. The molecule has 0 bridgehead atoms. The Hall–Kier alpha value is -2.12. The zero-order valence-electron chi connectivity index (χ0n) is 10.9. The highest BCUT2D eigenvalue weighted by Gasteiger charge is 2.38. The number of carboxylic acid groups (broad SMARTS) is 1. The average molecular weight is 302 g/mol. The lowest BCUT2D eigenvalue weighted by Crippen LogP contribution is -2.43. The Morgan fingerprint density at radius 2 is 2.10 bits per heavy atom. The predicted molar refractivity (Wildman–Crippen MR) is 65.5 cm³/mol. The summed E-state index contributed by atoms with van der Waals surface area (Å²) in [4.78, 5) is 27.6. The molecule has 1 amide bonds. The second-order valence-corrected chi connectivity index (χ2v) is 4.83. The SMILES string of the molecule is O=C(O)[C@H]1CCCN(C(=O)c2cccnc2C(F)(F)F)C1. The minimum Gasteiger partial charge on any atom is -0.481 e. The molecular formula is C13H13F3N2O3. The molecule has 1 aromatic rings. The second kappa shape index (κ2) is 5.71. The molecule has 1 N–H and O–H groups in total. The van der Waals surface area contributed by atoms with Crippen LogP contribution in [-0.2, 0) is 11.0 Å². The molecule has 114 valence electrons. The minimum absolute atomic E-state index is 0.0830. The van der Waals surface area contributed by atoms with Crippen LogP contribution in [0.1, 0.15) is 28.9 Å². The van der Waals surface area contributed by atoms with E-state index in [0.717, 1.165) is 17.2 Å². The van der Waals surface area contributed by atoms with Gasteiger partial charge < -0.3 is 10.0 Å². The number of hydrogen-bond donors (Lipinski definition) is 1. The molecule has 0 spiro atoms. The Morgan fingerprint density at radius 3 is 2.71 bits per heavy atom. The third-order valence-electron chi connectivity index (χ3n) is 3.36. The fourth-order valence-corrected chi connectivity index (χ4v) is 2.34. The summed E-state index contributed by atoms with van der Waals surface area (Å²) in [5, 5.41) is 8.96. The van der Waals surface area contributed by atoms with Crippen LogP contribution in [0.2, 0.25) is 0 Å². The Bertz CT molecular complexity index is 560. The molecule has 1 atom stereocenters. The maximum absolute atomic E-state index is 12.9. The van der Waals surface area contributed by atoms with Crippen molar-refractivity contribution in [3.05, 3.63) is 29.6 Å². The Kier molecular flexibility index (Phi) is 4.15. The summed E-state index contributed by atoms with van der Waals surface area (Å²) in [7, 11) is 0. The van der Waals surface area contributed by atoms with Crippen molar-refractivity contribution in [1.82, 2.24) is 9.88 Å². The van der Waals surface area contributed by atoms with Gasteiger partial charge in [-0.05, 0) is 25.0 Å². The van der Waals surface area contributed by atoms with Gasteiger partial charge in [0, 0.05) is 19.3 Å². The predicted octanol–water partition coefficient (Wildman–Crippen LogP) is 2.04. The van der Waals surface area contributed by atoms with Crippen molar-refractivity contribution in [1.29, 1.82) is 0 Å². The van der Waals surface area contributed by atoms with Gasteiger partial charge >= 0.3 is 12.1 Å². The van der Waals surface area contributed by atoms with Crippen LogP contribution >= 0.6 is 0 Å². The number of aliphatic carboxylic acids is 1. The topological polar surface area (TPSA) is 70.5 Å². The number of rotatable bonds is 2.